The summed E-state index contributed by atoms with van der Waals surface area (Å²) in [6.07, 6.45) is 11.1. The molecule has 8 rings (SSSR count). The Labute approximate surface area is 184 Å². The van der Waals surface area contributed by atoms with Crippen molar-refractivity contribution in [2.45, 2.75) is 100 Å². The minimum Gasteiger partial charge on any atom is -0.462 e. The van der Waals surface area contributed by atoms with Crippen LogP contribution in [0.5, 0.6) is 0 Å². The monoisotopic (exact) mass is 430 g/mol. The van der Waals surface area contributed by atoms with E-state index in [4.69, 9.17) is 18.9 Å². The molecule has 0 aromatic rings. The van der Waals surface area contributed by atoms with E-state index in [0.29, 0.717) is 23.3 Å². The van der Waals surface area contributed by atoms with Crippen LogP contribution in [0, 0.1) is 23.7 Å². The van der Waals surface area contributed by atoms with Gasteiger partial charge in [0.1, 0.15) is 6.10 Å². The first kappa shape index (κ1) is 20.2. The molecule has 6 aliphatic carbocycles. The highest BCUT2D eigenvalue weighted by atomic mass is 16.7. The van der Waals surface area contributed by atoms with Crippen molar-refractivity contribution < 1.29 is 28.5 Å². The number of fused-ring (bicyclic) bond motifs is 1. The first-order valence-electron chi connectivity index (χ1n) is 12.1. The molecule has 8 aliphatic rings. The van der Waals surface area contributed by atoms with E-state index in [2.05, 4.69) is 6.58 Å². The SMILES string of the molecule is C=C(C)C(=O)OCOC12CC3CC(C1)CC(OC14CC5CC(C1)OC(=O)C(C5)C4)(C3)C2. The minimum atomic E-state index is -0.398. The molecular formula is C25H34O6. The third kappa shape index (κ3) is 3.45. The van der Waals surface area contributed by atoms with Crippen LogP contribution in [0.15, 0.2) is 12.2 Å². The molecule has 2 heterocycles. The quantitative estimate of drug-likeness (QED) is 0.360. The van der Waals surface area contributed by atoms with Crippen molar-refractivity contribution in [2.24, 2.45) is 23.7 Å². The number of carbonyl (C=O) groups is 2. The fraction of sp³-hybridized carbons (Fsp3) is 0.840. The van der Waals surface area contributed by atoms with Crippen LogP contribution in [0.25, 0.3) is 0 Å². The average molecular weight is 431 g/mol. The molecule has 8 bridgehead atoms. The van der Waals surface area contributed by atoms with E-state index < -0.39 is 5.97 Å². The van der Waals surface area contributed by atoms with Crippen LogP contribution in [0.3, 0.4) is 0 Å². The van der Waals surface area contributed by atoms with Gasteiger partial charge >= 0.3 is 11.9 Å². The molecular weight excluding hydrogens is 396 g/mol. The van der Waals surface area contributed by atoms with Gasteiger partial charge in [0.25, 0.3) is 0 Å². The van der Waals surface area contributed by atoms with Gasteiger partial charge in [0.05, 0.1) is 22.7 Å². The van der Waals surface area contributed by atoms with Gasteiger partial charge in [-0.05, 0) is 82.5 Å². The maximum absolute atomic E-state index is 12.5. The van der Waals surface area contributed by atoms with Gasteiger partial charge < -0.3 is 18.9 Å². The Hall–Kier alpha value is -1.40. The lowest BCUT2D eigenvalue weighted by atomic mass is 9.51. The molecule has 170 valence electrons. The second-order valence-electron chi connectivity index (χ2n) is 11.8. The number of esters is 2. The highest BCUT2D eigenvalue weighted by Gasteiger charge is 2.63. The summed E-state index contributed by atoms with van der Waals surface area (Å²) >= 11 is 0. The fourth-order valence-corrected chi connectivity index (χ4v) is 8.67. The Morgan fingerprint density at radius 1 is 0.968 bits per heavy atom. The summed E-state index contributed by atoms with van der Waals surface area (Å²) in [6.45, 7) is 5.28. The topological polar surface area (TPSA) is 71.1 Å². The Morgan fingerprint density at radius 3 is 2.42 bits per heavy atom. The van der Waals surface area contributed by atoms with E-state index in [-0.39, 0.29) is 41.6 Å². The van der Waals surface area contributed by atoms with Crippen molar-refractivity contribution >= 4 is 11.9 Å². The number of hydrogen-bond acceptors (Lipinski definition) is 6. The molecule has 6 unspecified atom stereocenters. The molecule has 6 saturated carbocycles. The van der Waals surface area contributed by atoms with Gasteiger partial charge in [0, 0.05) is 18.4 Å². The zero-order valence-electron chi connectivity index (χ0n) is 18.5. The first-order chi connectivity index (χ1) is 14.8. The van der Waals surface area contributed by atoms with E-state index >= 15 is 0 Å². The van der Waals surface area contributed by atoms with E-state index in [1.54, 1.807) is 6.92 Å². The van der Waals surface area contributed by atoms with E-state index in [1.165, 1.54) is 6.42 Å². The van der Waals surface area contributed by atoms with Crippen molar-refractivity contribution in [1.82, 2.24) is 0 Å². The third-order valence-corrected chi connectivity index (χ3v) is 9.00. The number of carbonyl (C=O) groups excluding carboxylic acids is 2. The number of rotatable bonds is 6. The van der Waals surface area contributed by atoms with Crippen LogP contribution in [0.1, 0.15) is 77.6 Å². The van der Waals surface area contributed by atoms with Crippen LogP contribution in [0.4, 0.5) is 0 Å². The zero-order chi connectivity index (χ0) is 21.4. The molecule has 0 spiro atoms. The van der Waals surface area contributed by atoms with Crippen molar-refractivity contribution in [3.8, 4) is 0 Å². The molecule has 2 aliphatic heterocycles. The number of ether oxygens (including phenoxy) is 4. The number of hydrogen-bond donors (Lipinski definition) is 0. The second kappa shape index (κ2) is 6.80. The summed E-state index contributed by atoms with van der Waals surface area (Å²) < 4.78 is 24.6. The lowest BCUT2D eigenvalue weighted by Crippen LogP contribution is -2.64. The molecule has 6 nitrogen and oxygen atoms in total. The molecule has 0 radical (unpaired) electrons. The normalized spacial score (nSPS) is 49.1. The maximum atomic E-state index is 12.5. The zero-order valence-corrected chi connectivity index (χ0v) is 18.5. The Morgan fingerprint density at radius 2 is 1.68 bits per heavy atom. The predicted molar refractivity (Wildman–Crippen MR) is 111 cm³/mol. The lowest BCUT2D eigenvalue weighted by molar-refractivity contribution is -0.294. The molecule has 6 heteroatoms. The Balaban J connectivity index is 1.21. The molecule has 0 amide bonds. The summed E-state index contributed by atoms with van der Waals surface area (Å²) in [5, 5.41) is 0. The Bertz CT molecular complexity index is 805. The van der Waals surface area contributed by atoms with Crippen LogP contribution in [-0.4, -0.2) is 41.6 Å². The maximum Gasteiger partial charge on any atom is 0.335 e. The summed E-state index contributed by atoms with van der Waals surface area (Å²) in [5.74, 6) is 1.36. The largest absolute Gasteiger partial charge is 0.462 e. The molecule has 8 fully saturated rings. The molecule has 0 aromatic carbocycles. The van der Waals surface area contributed by atoms with E-state index in [9.17, 15) is 9.59 Å². The molecule has 0 N–H and O–H groups in total. The highest BCUT2D eigenvalue weighted by Crippen LogP contribution is 2.63. The average Bonchev–Trinajstić information content (AvgIpc) is 2.80. The van der Waals surface area contributed by atoms with Crippen molar-refractivity contribution in [2.75, 3.05) is 6.79 Å². The summed E-state index contributed by atoms with van der Waals surface area (Å²) in [5.41, 5.74) is -0.264. The van der Waals surface area contributed by atoms with Crippen LogP contribution >= 0.6 is 0 Å². The fourth-order valence-electron chi connectivity index (χ4n) is 8.67. The minimum absolute atomic E-state index is 0.00215. The molecule has 2 saturated heterocycles. The predicted octanol–water partition coefficient (Wildman–Crippen LogP) is 4.06. The summed E-state index contributed by atoms with van der Waals surface area (Å²) in [4.78, 5) is 24.3. The van der Waals surface area contributed by atoms with Crippen molar-refractivity contribution in [3.63, 3.8) is 0 Å². The van der Waals surface area contributed by atoms with Gasteiger partial charge in [-0.15, -0.1) is 0 Å². The lowest BCUT2D eigenvalue weighted by Gasteiger charge is -2.63. The standard InChI is InChI=1S/C25H34O6/c1-15(2)21(26)28-14-29-24-7-17-3-18(8-24)10-25(9-17,13-24)31-23-6-16-4-19(11-23)22(27)30-20(5-16)12-23/h16-20H,1,3-14H2,2H3. The summed E-state index contributed by atoms with van der Waals surface area (Å²) in [7, 11) is 0. The van der Waals surface area contributed by atoms with Gasteiger partial charge in [-0.2, -0.15) is 0 Å². The van der Waals surface area contributed by atoms with Gasteiger partial charge in [0.15, 0.2) is 6.79 Å². The van der Waals surface area contributed by atoms with Crippen LogP contribution in [0.2, 0.25) is 0 Å². The van der Waals surface area contributed by atoms with Gasteiger partial charge in [-0.1, -0.05) is 6.58 Å². The first-order valence-corrected chi connectivity index (χ1v) is 12.1. The third-order valence-electron chi connectivity index (χ3n) is 9.00. The van der Waals surface area contributed by atoms with E-state index in [1.807, 2.05) is 0 Å². The van der Waals surface area contributed by atoms with Gasteiger partial charge in [-0.25, -0.2) is 4.79 Å². The molecule has 31 heavy (non-hydrogen) atoms. The molecule has 6 atom stereocenters. The van der Waals surface area contributed by atoms with Crippen molar-refractivity contribution in [3.05, 3.63) is 12.2 Å². The van der Waals surface area contributed by atoms with Crippen molar-refractivity contribution in [1.29, 1.82) is 0 Å². The smallest absolute Gasteiger partial charge is 0.335 e. The van der Waals surface area contributed by atoms with Crippen LogP contribution < -0.4 is 0 Å². The van der Waals surface area contributed by atoms with Crippen LogP contribution in [-0.2, 0) is 28.5 Å². The molecule has 0 aromatic heterocycles. The summed E-state index contributed by atoms with van der Waals surface area (Å²) in [6, 6.07) is 0. The van der Waals surface area contributed by atoms with Gasteiger partial charge in [0.2, 0.25) is 0 Å². The second-order valence-corrected chi connectivity index (χ2v) is 11.8. The van der Waals surface area contributed by atoms with Gasteiger partial charge in [-0.3, -0.25) is 4.79 Å². The Kier molecular flexibility index (Phi) is 4.44. The highest BCUT2D eigenvalue weighted by molar-refractivity contribution is 5.86. The van der Waals surface area contributed by atoms with E-state index in [0.717, 1.165) is 64.2 Å².